The molecule has 0 radical (unpaired) electrons. The largest absolute Gasteiger partial charge is 0.516 e. The number of hydrogen-bond donors (Lipinski definition) is 2. The van der Waals surface area contributed by atoms with Gasteiger partial charge in [0.2, 0.25) is 0 Å². The highest BCUT2D eigenvalue weighted by molar-refractivity contribution is 5.82. The van der Waals surface area contributed by atoms with Crippen LogP contribution in [0, 0.1) is 0 Å². The van der Waals surface area contributed by atoms with Gasteiger partial charge >= 0.3 is 6.16 Å². The van der Waals surface area contributed by atoms with Gasteiger partial charge in [-0.25, -0.2) is 15.7 Å². The van der Waals surface area contributed by atoms with E-state index in [-0.39, 0.29) is 25.8 Å². The summed E-state index contributed by atoms with van der Waals surface area (Å²) in [5, 5.41) is 0. The van der Waals surface area contributed by atoms with Crippen LogP contribution in [0.25, 0.3) is 0 Å². The predicted octanol–water partition coefficient (Wildman–Crippen LogP) is 0.545. The molecule has 1 aromatic carbocycles. The molecule has 0 spiro atoms. The van der Waals surface area contributed by atoms with Gasteiger partial charge in [0.05, 0.1) is 13.2 Å². The van der Waals surface area contributed by atoms with Crippen molar-refractivity contribution in [2.75, 3.05) is 13.2 Å². The first kappa shape index (κ1) is 13.9. The summed E-state index contributed by atoms with van der Waals surface area (Å²) >= 11 is 0. The zero-order valence-corrected chi connectivity index (χ0v) is 9.74. The quantitative estimate of drug-likeness (QED) is 0.261. The Morgan fingerprint density at radius 2 is 2.00 bits per heavy atom. The Balaban J connectivity index is 2.27. The highest BCUT2D eigenvalue weighted by atomic mass is 16.7. The van der Waals surface area contributed by atoms with E-state index in [1.807, 2.05) is 30.3 Å². The van der Waals surface area contributed by atoms with Crippen molar-refractivity contribution in [3.63, 3.8) is 0 Å². The molecule has 0 unspecified atom stereocenters. The van der Waals surface area contributed by atoms with Gasteiger partial charge in [0, 0.05) is 0 Å². The molecular formula is C11H15N3O4. The van der Waals surface area contributed by atoms with E-state index in [1.165, 1.54) is 0 Å². The minimum Gasteiger partial charge on any atom is -0.429 e. The third-order valence-corrected chi connectivity index (χ3v) is 1.86. The van der Waals surface area contributed by atoms with Crippen LogP contribution in [-0.4, -0.2) is 25.3 Å². The number of carbonyl (C=O) groups excluding carboxylic acids is 1. The molecule has 0 fully saturated rings. The summed E-state index contributed by atoms with van der Waals surface area (Å²) in [5.41, 5.74) is 6.16. The summed E-state index contributed by atoms with van der Waals surface area (Å²) in [7, 11) is 0. The molecule has 1 aromatic rings. The van der Waals surface area contributed by atoms with Gasteiger partial charge in [-0.3, -0.25) is 0 Å². The maximum absolute atomic E-state index is 11.2. The van der Waals surface area contributed by atoms with E-state index in [0.29, 0.717) is 0 Å². The number of nitrogens with zero attached hydrogens (tertiary/aromatic N) is 1. The van der Waals surface area contributed by atoms with Crippen molar-refractivity contribution < 1.29 is 19.1 Å². The molecule has 0 saturated heterocycles. The van der Waals surface area contributed by atoms with Gasteiger partial charge < -0.3 is 20.0 Å². The summed E-state index contributed by atoms with van der Waals surface area (Å²) in [6, 6.07) is 8.91. The molecule has 0 aliphatic heterocycles. The summed E-state index contributed by atoms with van der Waals surface area (Å²) in [5.74, 6) is 4.79. The molecular weight excluding hydrogens is 238 g/mol. The van der Waals surface area contributed by atoms with Crippen molar-refractivity contribution >= 4 is 12.2 Å². The minimum absolute atomic E-state index is 0.110. The lowest BCUT2D eigenvalue weighted by molar-refractivity contribution is 0.0882. The lowest BCUT2D eigenvalue weighted by Gasteiger charge is -2.05. The first-order valence-electron chi connectivity index (χ1n) is 5.22. The normalized spacial score (nSPS) is 11.1. The van der Waals surface area contributed by atoms with Gasteiger partial charge in [-0.2, -0.15) is 0 Å². The van der Waals surface area contributed by atoms with Crippen molar-refractivity contribution in [3.8, 4) is 0 Å². The average molecular weight is 253 g/mol. The summed E-state index contributed by atoms with van der Waals surface area (Å²) in [6.45, 7) is 0.496. The number of amidine groups is 1. The number of rotatable bonds is 5. The summed E-state index contributed by atoms with van der Waals surface area (Å²) in [4.78, 5) is 19.1. The number of carbonyl (C=O) groups is 1. The van der Waals surface area contributed by atoms with E-state index in [9.17, 15) is 4.79 Å². The fourth-order valence-electron chi connectivity index (χ4n) is 1.07. The van der Waals surface area contributed by atoms with Crippen LogP contribution in [0.3, 0.4) is 0 Å². The number of ether oxygens (including phenoxy) is 2. The van der Waals surface area contributed by atoms with Crippen LogP contribution in [-0.2, 0) is 20.9 Å². The van der Waals surface area contributed by atoms with Crippen LogP contribution in [0.1, 0.15) is 5.56 Å². The lowest BCUT2D eigenvalue weighted by Crippen LogP contribution is -2.22. The van der Waals surface area contributed by atoms with Crippen molar-refractivity contribution in [2.24, 2.45) is 16.6 Å². The van der Waals surface area contributed by atoms with Crippen molar-refractivity contribution in [2.45, 2.75) is 6.61 Å². The number of nitrogens with two attached hydrogens (primary N) is 2. The SMILES string of the molecule is NOCCN=C(N)OC(=O)OCc1ccccc1. The second kappa shape index (κ2) is 8.04. The van der Waals surface area contributed by atoms with E-state index in [1.54, 1.807) is 0 Å². The summed E-state index contributed by atoms with van der Waals surface area (Å²) in [6.07, 6.45) is -0.909. The zero-order valence-electron chi connectivity index (χ0n) is 9.74. The Morgan fingerprint density at radius 1 is 1.28 bits per heavy atom. The third kappa shape index (κ3) is 5.83. The molecule has 7 nitrogen and oxygen atoms in total. The van der Waals surface area contributed by atoms with Crippen LogP contribution >= 0.6 is 0 Å². The number of benzene rings is 1. The maximum Gasteiger partial charge on any atom is 0.516 e. The first-order valence-corrected chi connectivity index (χ1v) is 5.22. The topological polar surface area (TPSA) is 109 Å². The van der Waals surface area contributed by atoms with Gasteiger partial charge in [-0.1, -0.05) is 30.3 Å². The van der Waals surface area contributed by atoms with Gasteiger partial charge in [0.15, 0.2) is 0 Å². The molecule has 4 N–H and O–H groups in total. The predicted molar refractivity (Wildman–Crippen MR) is 64.3 cm³/mol. The standard InChI is InChI=1S/C11H15N3O4/c12-10(14-6-7-17-13)18-11(15)16-8-9-4-2-1-3-5-9/h1-5H,6-8,13H2,(H2,12,14). The second-order valence-corrected chi connectivity index (χ2v) is 3.22. The fourth-order valence-corrected chi connectivity index (χ4v) is 1.07. The van der Waals surface area contributed by atoms with Crippen LogP contribution in [0.4, 0.5) is 4.79 Å². The van der Waals surface area contributed by atoms with E-state index in [4.69, 9.17) is 16.4 Å². The molecule has 0 saturated carbocycles. The molecule has 18 heavy (non-hydrogen) atoms. The van der Waals surface area contributed by atoms with Crippen molar-refractivity contribution in [1.82, 2.24) is 0 Å². The Labute approximate surface area is 104 Å². The molecule has 0 aliphatic carbocycles. The minimum atomic E-state index is -0.909. The van der Waals surface area contributed by atoms with Crippen molar-refractivity contribution in [3.05, 3.63) is 35.9 Å². The molecule has 0 aromatic heterocycles. The number of aliphatic imine (C=N–C) groups is 1. The van der Waals surface area contributed by atoms with Crippen LogP contribution in [0.2, 0.25) is 0 Å². The molecule has 0 amide bonds. The van der Waals surface area contributed by atoms with E-state index in [0.717, 1.165) is 5.56 Å². The molecule has 0 aliphatic rings. The highest BCUT2D eigenvalue weighted by Gasteiger charge is 2.06. The maximum atomic E-state index is 11.2. The van der Waals surface area contributed by atoms with E-state index < -0.39 is 6.16 Å². The zero-order chi connectivity index (χ0) is 13.2. The van der Waals surface area contributed by atoms with Crippen LogP contribution in [0.15, 0.2) is 35.3 Å². The lowest BCUT2D eigenvalue weighted by atomic mass is 10.2. The van der Waals surface area contributed by atoms with Gasteiger partial charge in [0.25, 0.3) is 6.02 Å². The second-order valence-electron chi connectivity index (χ2n) is 3.22. The van der Waals surface area contributed by atoms with Crippen LogP contribution in [0.5, 0.6) is 0 Å². The third-order valence-electron chi connectivity index (χ3n) is 1.86. The Kier molecular flexibility index (Phi) is 6.23. The van der Waals surface area contributed by atoms with E-state index in [2.05, 4.69) is 14.6 Å². The average Bonchev–Trinajstić information content (AvgIpc) is 2.38. The van der Waals surface area contributed by atoms with Crippen LogP contribution < -0.4 is 11.6 Å². The summed E-state index contributed by atoms with van der Waals surface area (Å²) < 4.78 is 9.42. The molecule has 98 valence electrons. The Morgan fingerprint density at radius 3 is 2.67 bits per heavy atom. The Hall–Kier alpha value is -2.12. The highest BCUT2D eigenvalue weighted by Crippen LogP contribution is 2.01. The van der Waals surface area contributed by atoms with Crippen molar-refractivity contribution in [1.29, 1.82) is 0 Å². The molecule has 0 heterocycles. The molecule has 1 rings (SSSR count). The smallest absolute Gasteiger partial charge is 0.429 e. The van der Waals surface area contributed by atoms with Gasteiger partial charge in [0.1, 0.15) is 6.61 Å². The van der Waals surface area contributed by atoms with Gasteiger partial charge in [-0.05, 0) is 5.56 Å². The molecule has 0 bridgehead atoms. The molecule has 0 atom stereocenters. The Bertz CT molecular complexity index is 395. The monoisotopic (exact) mass is 253 g/mol. The fraction of sp³-hybridized carbons (Fsp3) is 0.273. The number of hydrogen-bond acceptors (Lipinski definition) is 6. The van der Waals surface area contributed by atoms with Gasteiger partial charge in [-0.15, -0.1) is 0 Å². The first-order chi connectivity index (χ1) is 8.72. The molecule has 7 heteroatoms. The van der Waals surface area contributed by atoms with E-state index >= 15 is 0 Å².